The second-order valence-corrected chi connectivity index (χ2v) is 7.62. The molecule has 2 bridgehead atoms. The summed E-state index contributed by atoms with van der Waals surface area (Å²) in [4.78, 5) is 34.7. The normalized spacial score (nSPS) is 23.4. The van der Waals surface area contributed by atoms with Gasteiger partial charge < -0.3 is 9.47 Å². The van der Waals surface area contributed by atoms with Gasteiger partial charge in [0.25, 0.3) is 11.5 Å². The fraction of sp³-hybridized carbons (Fsp3) is 0.550. The fourth-order valence-electron chi connectivity index (χ4n) is 4.47. The lowest BCUT2D eigenvalue weighted by molar-refractivity contribution is 0.0730. The van der Waals surface area contributed by atoms with E-state index in [1.54, 1.807) is 7.05 Å². The number of rotatable bonds is 3. The minimum absolute atomic E-state index is 0.0505. The van der Waals surface area contributed by atoms with E-state index in [9.17, 15) is 9.59 Å². The SMILES string of the molecule is CCCN1C[C@@H]2CC[C@H]1CN(C(=O)c1nc3ccccc3n(C)c1=O)C2. The van der Waals surface area contributed by atoms with Crippen LogP contribution >= 0.6 is 0 Å². The van der Waals surface area contributed by atoms with Crippen LogP contribution in [0.3, 0.4) is 0 Å². The first-order chi connectivity index (χ1) is 12.6. The first kappa shape index (κ1) is 17.2. The van der Waals surface area contributed by atoms with Gasteiger partial charge in [0.1, 0.15) is 0 Å². The molecule has 1 amide bonds. The maximum Gasteiger partial charge on any atom is 0.282 e. The molecular weight excluding hydrogens is 328 g/mol. The summed E-state index contributed by atoms with van der Waals surface area (Å²) in [5.41, 5.74) is 1.17. The Kier molecular flexibility index (Phi) is 4.53. The van der Waals surface area contributed by atoms with Crippen molar-refractivity contribution in [2.45, 2.75) is 32.2 Å². The molecule has 2 atom stereocenters. The summed E-state index contributed by atoms with van der Waals surface area (Å²) in [7, 11) is 1.71. The van der Waals surface area contributed by atoms with Crippen LogP contribution in [0.1, 0.15) is 36.7 Å². The average molecular weight is 354 g/mol. The standard InChI is InChI=1S/C20H26N4O2/c1-3-10-23-11-14-8-9-15(23)13-24(12-14)20(26)18-19(25)22(2)17-7-5-4-6-16(17)21-18/h4-7,14-15H,3,8-13H2,1-2H3/t14-,15-/m0/s1. The van der Waals surface area contributed by atoms with Crippen LogP contribution in [0, 0.1) is 5.92 Å². The maximum atomic E-state index is 13.2. The van der Waals surface area contributed by atoms with Crippen LogP contribution in [-0.4, -0.2) is 57.5 Å². The van der Waals surface area contributed by atoms with Crippen molar-refractivity contribution in [3.05, 3.63) is 40.3 Å². The molecule has 4 heterocycles. The Morgan fingerprint density at radius 3 is 2.81 bits per heavy atom. The molecule has 0 aliphatic carbocycles. The number of aryl methyl sites for hydroxylation is 1. The van der Waals surface area contributed by atoms with E-state index in [0.717, 1.165) is 44.4 Å². The van der Waals surface area contributed by atoms with Crippen molar-refractivity contribution in [1.82, 2.24) is 19.4 Å². The predicted octanol–water partition coefficient (Wildman–Crippen LogP) is 1.88. The number of amides is 1. The van der Waals surface area contributed by atoms with Crippen molar-refractivity contribution in [2.24, 2.45) is 13.0 Å². The highest BCUT2D eigenvalue weighted by atomic mass is 16.2. The molecule has 3 aliphatic rings. The van der Waals surface area contributed by atoms with Crippen molar-refractivity contribution in [2.75, 3.05) is 26.2 Å². The van der Waals surface area contributed by atoms with Gasteiger partial charge in [-0.25, -0.2) is 4.98 Å². The number of nitrogens with zero attached hydrogens (tertiary/aromatic N) is 4. The van der Waals surface area contributed by atoms with Gasteiger partial charge in [-0.15, -0.1) is 0 Å². The topological polar surface area (TPSA) is 58.4 Å². The van der Waals surface area contributed by atoms with Crippen molar-refractivity contribution in [3.63, 3.8) is 0 Å². The molecule has 0 radical (unpaired) electrons. The lowest BCUT2D eigenvalue weighted by Crippen LogP contribution is -2.45. The van der Waals surface area contributed by atoms with Gasteiger partial charge in [-0.1, -0.05) is 19.1 Å². The lowest BCUT2D eigenvalue weighted by atomic mass is 9.95. The van der Waals surface area contributed by atoms with Gasteiger partial charge in [0.15, 0.2) is 5.69 Å². The molecule has 26 heavy (non-hydrogen) atoms. The molecule has 5 rings (SSSR count). The second kappa shape index (κ2) is 6.83. The summed E-state index contributed by atoms with van der Waals surface area (Å²) in [6, 6.07) is 7.86. The number of benzene rings is 1. The number of piperidine rings is 1. The van der Waals surface area contributed by atoms with Gasteiger partial charge >= 0.3 is 0 Å². The van der Waals surface area contributed by atoms with Crippen LogP contribution in [0.5, 0.6) is 0 Å². The van der Waals surface area contributed by atoms with Crippen LogP contribution < -0.4 is 5.56 Å². The highest BCUT2D eigenvalue weighted by molar-refractivity contribution is 5.94. The quantitative estimate of drug-likeness (QED) is 0.844. The Balaban J connectivity index is 1.67. The summed E-state index contributed by atoms with van der Waals surface area (Å²) >= 11 is 0. The zero-order valence-electron chi connectivity index (χ0n) is 15.5. The van der Waals surface area contributed by atoms with E-state index in [1.165, 1.54) is 4.57 Å². The molecule has 0 N–H and O–H groups in total. The number of carbonyl (C=O) groups excluding carboxylic acids is 1. The maximum absolute atomic E-state index is 13.2. The largest absolute Gasteiger partial charge is 0.335 e. The lowest BCUT2D eigenvalue weighted by Gasteiger charge is -2.35. The first-order valence-corrected chi connectivity index (χ1v) is 9.57. The third kappa shape index (κ3) is 2.92. The van der Waals surface area contributed by atoms with Crippen LogP contribution in [0.4, 0.5) is 0 Å². The number of carbonyl (C=O) groups is 1. The molecule has 6 heteroatoms. The molecule has 0 spiro atoms. The Morgan fingerprint density at radius 2 is 2.00 bits per heavy atom. The van der Waals surface area contributed by atoms with Crippen molar-refractivity contribution < 1.29 is 4.79 Å². The van der Waals surface area contributed by atoms with Gasteiger partial charge in [0.05, 0.1) is 11.0 Å². The third-order valence-corrected chi connectivity index (χ3v) is 5.81. The molecule has 3 saturated heterocycles. The van der Waals surface area contributed by atoms with Gasteiger partial charge in [0.2, 0.25) is 0 Å². The Labute approximate surface area is 153 Å². The monoisotopic (exact) mass is 354 g/mol. The molecule has 3 aliphatic heterocycles. The van der Waals surface area contributed by atoms with E-state index >= 15 is 0 Å². The summed E-state index contributed by atoms with van der Waals surface area (Å²) in [5, 5.41) is 0. The van der Waals surface area contributed by atoms with Gasteiger partial charge in [-0.3, -0.25) is 14.5 Å². The van der Waals surface area contributed by atoms with Crippen molar-refractivity contribution >= 4 is 16.9 Å². The molecular formula is C20H26N4O2. The molecule has 1 aromatic carbocycles. The molecule has 138 valence electrons. The molecule has 2 aromatic rings. The average Bonchev–Trinajstić information content (AvgIpc) is 2.96. The number of hydrogen-bond donors (Lipinski definition) is 0. The Hall–Kier alpha value is -2.21. The number of para-hydroxylation sites is 2. The Bertz CT molecular complexity index is 891. The molecule has 1 aromatic heterocycles. The van der Waals surface area contributed by atoms with Gasteiger partial charge in [0, 0.05) is 32.7 Å². The van der Waals surface area contributed by atoms with E-state index < -0.39 is 0 Å². The zero-order chi connectivity index (χ0) is 18.3. The highest BCUT2D eigenvalue weighted by Gasteiger charge is 2.37. The molecule has 3 fully saturated rings. The van der Waals surface area contributed by atoms with E-state index in [4.69, 9.17) is 0 Å². The molecule has 0 unspecified atom stereocenters. The van der Waals surface area contributed by atoms with Gasteiger partial charge in [-0.2, -0.15) is 0 Å². The van der Waals surface area contributed by atoms with Crippen molar-refractivity contribution in [1.29, 1.82) is 0 Å². The zero-order valence-corrected chi connectivity index (χ0v) is 15.5. The predicted molar refractivity (Wildman–Crippen MR) is 101 cm³/mol. The van der Waals surface area contributed by atoms with E-state index in [0.29, 0.717) is 24.0 Å². The summed E-state index contributed by atoms with van der Waals surface area (Å²) in [6.07, 6.45) is 3.43. The minimum Gasteiger partial charge on any atom is -0.335 e. The molecule has 6 nitrogen and oxygen atoms in total. The first-order valence-electron chi connectivity index (χ1n) is 9.57. The van der Waals surface area contributed by atoms with Crippen LogP contribution in [-0.2, 0) is 7.05 Å². The van der Waals surface area contributed by atoms with E-state index in [-0.39, 0.29) is 17.2 Å². The summed E-state index contributed by atoms with van der Waals surface area (Å²) in [5.74, 6) is 0.278. The van der Waals surface area contributed by atoms with Crippen LogP contribution in [0.2, 0.25) is 0 Å². The summed E-state index contributed by atoms with van der Waals surface area (Å²) < 4.78 is 1.53. The van der Waals surface area contributed by atoms with Gasteiger partial charge in [-0.05, 0) is 43.9 Å². The van der Waals surface area contributed by atoms with E-state index in [1.807, 2.05) is 29.2 Å². The number of fused-ring (bicyclic) bond motifs is 5. The highest BCUT2D eigenvalue weighted by Crippen LogP contribution is 2.28. The van der Waals surface area contributed by atoms with Crippen molar-refractivity contribution in [3.8, 4) is 0 Å². The Morgan fingerprint density at radius 1 is 1.19 bits per heavy atom. The smallest absolute Gasteiger partial charge is 0.282 e. The van der Waals surface area contributed by atoms with Crippen LogP contribution in [0.25, 0.3) is 11.0 Å². The van der Waals surface area contributed by atoms with Crippen LogP contribution in [0.15, 0.2) is 29.1 Å². The number of aromatic nitrogens is 2. The molecule has 0 saturated carbocycles. The fourth-order valence-corrected chi connectivity index (χ4v) is 4.47. The third-order valence-electron chi connectivity index (χ3n) is 5.81. The second-order valence-electron chi connectivity index (χ2n) is 7.62. The summed E-state index contributed by atoms with van der Waals surface area (Å²) in [6.45, 7) is 5.77. The minimum atomic E-state index is -0.310. The number of hydrogen-bond acceptors (Lipinski definition) is 4. The van der Waals surface area contributed by atoms with E-state index in [2.05, 4.69) is 16.8 Å².